The standard InChI is InChI=1S/C20H20N4O3/c25-19-13-24(11-10-21-19)16-8-6-15(7-9-16)22-20(26)17-12-18(27-23-17)14-4-2-1-3-5-14/h1-9,18H,10-13H2,(H,21,25)(H,22,26)/t18-/m1/s1. The lowest BCUT2D eigenvalue weighted by Gasteiger charge is -2.28. The number of rotatable bonds is 4. The lowest BCUT2D eigenvalue weighted by Crippen LogP contribution is -2.47. The third kappa shape index (κ3) is 3.92. The largest absolute Gasteiger partial charge is 0.387 e. The van der Waals surface area contributed by atoms with Gasteiger partial charge in [-0.1, -0.05) is 35.5 Å². The molecule has 2 heterocycles. The maximum atomic E-state index is 12.4. The van der Waals surface area contributed by atoms with Crippen molar-refractivity contribution in [1.82, 2.24) is 5.32 Å². The van der Waals surface area contributed by atoms with E-state index in [-0.39, 0.29) is 17.9 Å². The smallest absolute Gasteiger partial charge is 0.273 e. The highest BCUT2D eigenvalue weighted by Gasteiger charge is 2.27. The molecule has 0 radical (unpaired) electrons. The molecule has 2 N–H and O–H groups in total. The molecule has 2 aromatic carbocycles. The molecule has 0 spiro atoms. The zero-order chi connectivity index (χ0) is 18.6. The third-order valence-corrected chi connectivity index (χ3v) is 4.63. The van der Waals surface area contributed by atoms with Crippen molar-refractivity contribution >= 4 is 28.9 Å². The van der Waals surface area contributed by atoms with E-state index in [1.807, 2.05) is 59.5 Å². The molecule has 27 heavy (non-hydrogen) atoms. The molecule has 2 amide bonds. The van der Waals surface area contributed by atoms with Gasteiger partial charge in [-0.15, -0.1) is 0 Å². The van der Waals surface area contributed by atoms with Crippen molar-refractivity contribution in [1.29, 1.82) is 0 Å². The number of hydrogen-bond donors (Lipinski definition) is 2. The zero-order valence-corrected chi connectivity index (χ0v) is 14.7. The first kappa shape index (κ1) is 17.1. The molecular weight excluding hydrogens is 344 g/mol. The Balaban J connectivity index is 1.35. The van der Waals surface area contributed by atoms with Crippen molar-refractivity contribution in [3.63, 3.8) is 0 Å². The fraction of sp³-hybridized carbons (Fsp3) is 0.250. The first-order valence-electron chi connectivity index (χ1n) is 8.90. The quantitative estimate of drug-likeness (QED) is 0.870. The van der Waals surface area contributed by atoms with Gasteiger partial charge in [0.15, 0.2) is 6.10 Å². The van der Waals surface area contributed by atoms with Crippen LogP contribution in [0.25, 0.3) is 0 Å². The molecule has 1 fully saturated rings. The highest BCUT2D eigenvalue weighted by atomic mass is 16.6. The molecule has 0 saturated carbocycles. The molecule has 0 unspecified atom stereocenters. The summed E-state index contributed by atoms with van der Waals surface area (Å²) in [5.41, 5.74) is 3.00. The normalized spacial score (nSPS) is 19.1. The predicted molar refractivity (Wildman–Crippen MR) is 103 cm³/mol. The monoisotopic (exact) mass is 364 g/mol. The minimum absolute atomic E-state index is 0.0193. The summed E-state index contributed by atoms with van der Waals surface area (Å²) in [6, 6.07) is 17.2. The van der Waals surface area contributed by atoms with E-state index in [9.17, 15) is 9.59 Å². The van der Waals surface area contributed by atoms with Crippen LogP contribution >= 0.6 is 0 Å². The van der Waals surface area contributed by atoms with Crippen LogP contribution in [0.2, 0.25) is 0 Å². The summed E-state index contributed by atoms with van der Waals surface area (Å²) < 4.78 is 0. The Morgan fingerprint density at radius 2 is 1.93 bits per heavy atom. The van der Waals surface area contributed by atoms with Crippen LogP contribution in [0.1, 0.15) is 18.1 Å². The van der Waals surface area contributed by atoms with Crippen LogP contribution in [0.4, 0.5) is 11.4 Å². The Hall–Kier alpha value is -3.35. The number of anilines is 2. The van der Waals surface area contributed by atoms with E-state index in [0.717, 1.165) is 17.8 Å². The summed E-state index contributed by atoms with van der Waals surface area (Å²) in [5, 5.41) is 9.59. The number of hydrogen-bond acceptors (Lipinski definition) is 5. The Kier molecular flexibility index (Phi) is 4.74. The minimum atomic E-state index is -0.265. The number of benzene rings is 2. The average molecular weight is 364 g/mol. The molecule has 0 aromatic heterocycles. The molecule has 138 valence electrons. The van der Waals surface area contributed by atoms with E-state index in [1.54, 1.807) is 0 Å². The van der Waals surface area contributed by atoms with Crippen molar-refractivity contribution in [2.45, 2.75) is 12.5 Å². The van der Waals surface area contributed by atoms with Crippen LogP contribution in [-0.4, -0.2) is 37.2 Å². The Labute approximate surface area is 157 Å². The minimum Gasteiger partial charge on any atom is -0.387 e. The van der Waals surface area contributed by atoms with Gasteiger partial charge in [-0.25, -0.2) is 0 Å². The molecule has 1 saturated heterocycles. The van der Waals surface area contributed by atoms with Crippen LogP contribution in [0.3, 0.4) is 0 Å². The Bertz CT molecular complexity index is 865. The molecule has 7 heteroatoms. The van der Waals surface area contributed by atoms with Crippen molar-refractivity contribution in [3.05, 3.63) is 60.2 Å². The van der Waals surface area contributed by atoms with Crippen molar-refractivity contribution in [2.75, 3.05) is 29.9 Å². The number of nitrogens with one attached hydrogen (secondary N) is 2. The second-order valence-corrected chi connectivity index (χ2v) is 6.52. The maximum absolute atomic E-state index is 12.4. The van der Waals surface area contributed by atoms with Gasteiger partial charge in [0.1, 0.15) is 5.71 Å². The second-order valence-electron chi connectivity index (χ2n) is 6.52. The summed E-state index contributed by atoms with van der Waals surface area (Å²) in [6.07, 6.45) is 0.219. The molecule has 0 bridgehead atoms. The van der Waals surface area contributed by atoms with Crippen molar-refractivity contribution < 1.29 is 14.4 Å². The fourth-order valence-corrected chi connectivity index (χ4v) is 3.18. The highest BCUT2D eigenvalue weighted by Crippen LogP contribution is 2.27. The molecule has 4 rings (SSSR count). The van der Waals surface area contributed by atoms with Crippen LogP contribution < -0.4 is 15.5 Å². The summed E-state index contributed by atoms with van der Waals surface area (Å²) in [4.78, 5) is 31.3. The summed E-state index contributed by atoms with van der Waals surface area (Å²) in [5.74, 6) is -0.246. The first-order chi connectivity index (χ1) is 13.2. The highest BCUT2D eigenvalue weighted by molar-refractivity contribution is 6.43. The molecule has 0 aliphatic carbocycles. The van der Waals surface area contributed by atoms with E-state index < -0.39 is 0 Å². The van der Waals surface area contributed by atoms with Gasteiger partial charge in [0.2, 0.25) is 5.91 Å². The van der Waals surface area contributed by atoms with Gasteiger partial charge in [-0.3, -0.25) is 9.59 Å². The zero-order valence-electron chi connectivity index (χ0n) is 14.7. The second kappa shape index (κ2) is 7.49. The van der Waals surface area contributed by atoms with Gasteiger partial charge >= 0.3 is 0 Å². The number of amides is 2. The molecule has 1 atom stereocenters. The fourth-order valence-electron chi connectivity index (χ4n) is 3.18. The van der Waals surface area contributed by atoms with E-state index in [1.165, 1.54) is 0 Å². The molecule has 2 aliphatic heterocycles. The maximum Gasteiger partial charge on any atom is 0.273 e. The van der Waals surface area contributed by atoms with E-state index in [2.05, 4.69) is 15.8 Å². The van der Waals surface area contributed by atoms with Gasteiger partial charge in [0.05, 0.1) is 6.54 Å². The summed E-state index contributed by atoms with van der Waals surface area (Å²) in [7, 11) is 0. The van der Waals surface area contributed by atoms with Crippen molar-refractivity contribution in [2.24, 2.45) is 5.16 Å². The summed E-state index contributed by atoms with van der Waals surface area (Å²) >= 11 is 0. The number of carbonyl (C=O) groups is 2. The third-order valence-electron chi connectivity index (χ3n) is 4.63. The topological polar surface area (TPSA) is 83.0 Å². The average Bonchev–Trinajstić information content (AvgIpc) is 3.20. The van der Waals surface area contributed by atoms with E-state index >= 15 is 0 Å². The lowest BCUT2D eigenvalue weighted by atomic mass is 10.0. The van der Waals surface area contributed by atoms with Crippen LogP contribution in [0, 0.1) is 0 Å². The van der Waals surface area contributed by atoms with Crippen LogP contribution in [0.15, 0.2) is 59.8 Å². The van der Waals surface area contributed by atoms with Gasteiger partial charge in [0, 0.05) is 30.9 Å². The number of piperazine rings is 1. The van der Waals surface area contributed by atoms with Crippen LogP contribution in [-0.2, 0) is 14.4 Å². The van der Waals surface area contributed by atoms with Crippen molar-refractivity contribution in [3.8, 4) is 0 Å². The molecular formula is C20H20N4O3. The van der Waals surface area contributed by atoms with E-state index in [4.69, 9.17) is 4.84 Å². The number of nitrogens with zero attached hydrogens (tertiary/aromatic N) is 2. The molecule has 7 nitrogen and oxygen atoms in total. The SMILES string of the molecule is O=C1CN(c2ccc(NC(=O)C3=NO[C@@H](c4ccccc4)C3)cc2)CCN1. The van der Waals surface area contributed by atoms with Crippen LogP contribution in [0.5, 0.6) is 0 Å². The van der Waals surface area contributed by atoms with Gasteiger partial charge in [-0.05, 0) is 29.8 Å². The predicted octanol–water partition coefficient (Wildman–Crippen LogP) is 2.08. The lowest BCUT2D eigenvalue weighted by molar-refractivity contribution is -0.120. The molecule has 2 aromatic rings. The van der Waals surface area contributed by atoms with Gasteiger partial charge < -0.3 is 20.4 Å². The first-order valence-corrected chi connectivity index (χ1v) is 8.90. The Morgan fingerprint density at radius 1 is 1.15 bits per heavy atom. The Morgan fingerprint density at radius 3 is 2.67 bits per heavy atom. The number of carbonyl (C=O) groups excluding carboxylic acids is 2. The molecule has 2 aliphatic rings. The van der Waals surface area contributed by atoms with E-state index in [0.29, 0.717) is 30.9 Å². The van der Waals surface area contributed by atoms with Gasteiger partial charge in [0.25, 0.3) is 5.91 Å². The number of oxime groups is 1. The van der Waals surface area contributed by atoms with Gasteiger partial charge in [-0.2, -0.15) is 0 Å². The summed E-state index contributed by atoms with van der Waals surface area (Å²) in [6.45, 7) is 1.76.